The molecule has 2 aromatic rings. The predicted octanol–water partition coefficient (Wildman–Crippen LogP) is 4.44. The van der Waals surface area contributed by atoms with Crippen LogP contribution < -0.4 is 9.47 Å². The summed E-state index contributed by atoms with van der Waals surface area (Å²) in [6, 6.07) is 13.0. The van der Waals surface area contributed by atoms with E-state index in [1.807, 2.05) is 18.2 Å². The van der Waals surface area contributed by atoms with Crippen molar-refractivity contribution in [2.75, 3.05) is 13.7 Å². The number of rotatable bonds is 8. The van der Waals surface area contributed by atoms with Crippen molar-refractivity contribution >= 4 is 22.1 Å². The van der Waals surface area contributed by atoms with Crippen LogP contribution in [0.15, 0.2) is 58.7 Å². The number of oxime groups is 1. The van der Waals surface area contributed by atoms with Crippen LogP contribution in [-0.4, -0.2) is 19.9 Å². The van der Waals surface area contributed by atoms with Crippen molar-refractivity contribution in [3.8, 4) is 17.6 Å². The second-order valence-corrected chi connectivity index (χ2v) is 5.76. The maximum atomic E-state index is 9.05. The molecule has 0 radical (unpaired) electrons. The Hall–Kier alpha value is -2.78. The fourth-order valence-electron chi connectivity index (χ4n) is 2.03. The molecular weight excluding hydrogens is 384 g/mol. The van der Waals surface area contributed by atoms with Gasteiger partial charge in [0.15, 0.2) is 11.5 Å². The Morgan fingerprint density at radius 2 is 2.08 bits per heavy atom. The van der Waals surface area contributed by atoms with E-state index in [0.717, 1.165) is 15.6 Å². The van der Waals surface area contributed by atoms with Gasteiger partial charge in [0, 0.05) is 15.6 Å². The first-order valence-electron chi connectivity index (χ1n) is 7.44. The topological polar surface area (TPSA) is 63.8 Å². The molecule has 0 heterocycles. The van der Waals surface area contributed by atoms with Crippen molar-refractivity contribution in [3.63, 3.8) is 0 Å². The molecule has 0 fully saturated rings. The molecule has 0 N–H and O–H groups in total. The summed E-state index contributed by atoms with van der Waals surface area (Å²) in [5, 5.41) is 13.0. The van der Waals surface area contributed by atoms with Gasteiger partial charge in [0.05, 0.1) is 25.0 Å². The van der Waals surface area contributed by atoms with Crippen molar-refractivity contribution in [3.05, 3.63) is 70.2 Å². The van der Waals surface area contributed by atoms with Gasteiger partial charge >= 0.3 is 0 Å². The highest BCUT2D eigenvalue weighted by Crippen LogP contribution is 2.33. The van der Waals surface area contributed by atoms with E-state index in [4.69, 9.17) is 19.6 Å². The minimum atomic E-state index is 0.218. The molecule has 2 rings (SSSR count). The number of benzene rings is 2. The molecule has 0 aliphatic rings. The minimum absolute atomic E-state index is 0.218. The van der Waals surface area contributed by atoms with Gasteiger partial charge in [-0.1, -0.05) is 36.0 Å². The molecule has 0 aromatic heterocycles. The predicted molar refractivity (Wildman–Crippen MR) is 99.9 cm³/mol. The van der Waals surface area contributed by atoms with E-state index in [1.165, 1.54) is 0 Å². The third kappa shape index (κ3) is 5.10. The van der Waals surface area contributed by atoms with Crippen molar-refractivity contribution < 1.29 is 14.3 Å². The zero-order valence-electron chi connectivity index (χ0n) is 13.7. The standard InChI is InChI=1S/C19H17BrN2O3/c1-3-8-24-19-10-17(20)16(9-18(19)23-2)12-22-25-13-15-7-5-4-6-14(15)11-21/h3-7,9-10,12H,1,8,13H2,2H3/b22-12-. The van der Waals surface area contributed by atoms with Crippen LogP contribution in [0.4, 0.5) is 0 Å². The molecular formula is C19H17BrN2O3. The van der Waals surface area contributed by atoms with E-state index in [0.29, 0.717) is 23.7 Å². The van der Waals surface area contributed by atoms with Crippen LogP contribution in [0.5, 0.6) is 11.5 Å². The summed E-state index contributed by atoms with van der Waals surface area (Å²) in [7, 11) is 1.57. The molecule has 0 saturated heterocycles. The van der Waals surface area contributed by atoms with Gasteiger partial charge in [0.1, 0.15) is 13.2 Å². The summed E-state index contributed by atoms with van der Waals surface area (Å²) >= 11 is 3.47. The highest BCUT2D eigenvalue weighted by Gasteiger charge is 2.09. The van der Waals surface area contributed by atoms with Gasteiger partial charge in [0.25, 0.3) is 0 Å². The molecule has 128 valence electrons. The molecule has 0 saturated carbocycles. The number of nitrogens with zero attached hydrogens (tertiary/aromatic N) is 2. The summed E-state index contributed by atoms with van der Waals surface area (Å²) in [5.41, 5.74) is 2.13. The highest BCUT2D eigenvalue weighted by molar-refractivity contribution is 9.10. The first-order chi connectivity index (χ1) is 12.2. The number of halogens is 1. The summed E-state index contributed by atoms with van der Waals surface area (Å²) in [4.78, 5) is 5.30. The van der Waals surface area contributed by atoms with Gasteiger partial charge in [-0.15, -0.1) is 0 Å². The van der Waals surface area contributed by atoms with E-state index in [9.17, 15) is 0 Å². The average Bonchev–Trinajstić information content (AvgIpc) is 2.64. The van der Waals surface area contributed by atoms with Crippen LogP contribution in [0, 0.1) is 11.3 Å². The Kier molecular flexibility index (Phi) is 7.05. The third-order valence-electron chi connectivity index (χ3n) is 3.26. The second kappa shape index (κ2) is 9.50. The Labute approximate surface area is 155 Å². The zero-order valence-corrected chi connectivity index (χ0v) is 15.3. The lowest BCUT2D eigenvalue weighted by Crippen LogP contribution is -1.98. The molecule has 0 bridgehead atoms. The van der Waals surface area contributed by atoms with Crippen molar-refractivity contribution in [2.24, 2.45) is 5.16 Å². The minimum Gasteiger partial charge on any atom is -0.493 e. The Balaban J connectivity index is 2.07. The molecule has 0 unspecified atom stereocenters. The van der Waals surface area contributed by atoms with Gasteiger partial charge in [-0.05, 0) is 34.1 Å². The van der Waals surface area contributed by atoms with Gasteiger partial charge in [-0.2, -0.15) is 5.26 Å². The van der Waals surface area contributed by atoms with Crippen molar-refractivity contribution in [1.82, 2.24) is 0 Å². The lowest BCUT2D eigenvalue weighted by molar-refractivity contribution is 0.132. The number of hydrogen-bond donors (Lipinski definition) is 0. The first-order valence-corrected chi connectivity index (χ1v) is 8.23. The number of ether oxygens (including phenoxy) is 2. The normalized spacial score (nSPS) is 10.3. The molecule has 2 aromatic carbocycles. The quantitative estimate of drug-likeness (QED) is 0.373. The smallest absolute Gasteiger partial charge is 0.162 e. The molecule has 5 nitrogen and oxygen atoms in total. The molecule has 0 atom stereocenters. The monoisotopic (exact) mass is 400 g/mol. The maximum Gasteiger partial charge on any atom is 0.162 e. The zero-order chi connectivity index (χ0) is 18.1. The average molecular weight is 401 g/mol. The van der Waals surface area contributed by atoms with Crippen molar-refractivity contribution in [1.29, 1.82) is 5.26 Å². The van der Waals surface area contributed by atoms with Crippen LogP contribution in [-0.2, 0) is 11.4 Å². The summed E-state index contributed by atoms with van der Waals surface area (Å²) in [6.07, 6.45) is 3.23. The SMILES string of the molecule is C=CCOc1cc(Br)c(/C=N\OCc2ccccc2C#N)cc1OC. The van der Waals surface area contributed by atoms with Gasteiger partial charge in [-0.3, -0.25) is 0 Å². The summed E-state index contributed by atoms with van der Waals surface area (Å²) in [5.74, 6) is 1.19. The number of nitriles is 1. The molecule has 0 aliphatic carbocycles. The molecule has 25 heavy (non-hydrogen) atoms. The summed E-state index contributed by atoms with van der Waals surface area (Å²) in [6.45, 7) is 4.23. The van der Waals surface area contributed by atoms with E-state index in [1.54, 1.807) is 37.6 Å². The van der Waals surface area contributed by atoms with E-state index >= 15 is 0 Å². The van der Waals surface area contributed by atoms with E-state index in [-0.39, 0.29) is 6.61 Å². The fourth-order valence-corrected chi connectivity index (χ4v) is 2.45. The van der Waals surface area contributed by atoms with Gasteiger partial charge in [-0.25, -0.2) is 0 Å². The molecule has 0 spiro atoms. The third-order valence-corrected chi connectivity index (χ3v) is 3.95. The van der Waals surface area contributed by atoms with Crippen LogP contribution >= 0.6 is 15.9 Å². The lowest BCUT2D eigenvalue weighted by atomic mass is 10.1. The molecule has 0 aliphatic heterocycles. The summed E-state index contributed by atoms with van der Waals surface area (Å²) < 4.78 is 11.7. The van der Waals surface area contributed by atoms with Gasteiger partial charge in [0.2, 0.25) is 0 Å². The van der Waals surface area contributed by atoms with Crippen LogP contribution in [0.2, 0.25) is 0 Å². The second-order valence-electron chi connectivity index (χ2n) is 4.90. The van der Waals surface area contributed by atoms with Crippen LogP contribution in [0.3, 0.4) is 0 Å². The van der Waals surface area contributed by atoms with E-state index in [2.05, 4.69) is 33.7 Å². The largest absolute Gasteiger partial charge is 0.493 e. The maximum absolute atomic E-state index is 9.05. The van der Waals surface area contributed by atoms with E-state index < -0.39 is 0 Å². The van der Waals surface area contributed by atoms with Crippen LogP contribution in [0.25, 0.3) is 0 Å². The Morgan fingerprint density at radius 3 is 2.80 bits per heavy atom. The number of hydrogen-bond acceptors (Lipinski definition) is 5. The first kappa shape index (κ1) is 18.6. The molecule has 6 heteroatoms. The Morgan fingerprint density at radius 1 is 1.28 bits per heavy atom. The Bertz CT molecular complexity index is 813. The number of methoxy groups -OCH3 is 1. The highest BCUT2D eigenvalue weighted by atomic mass is 79.9. The van der Waals surface area contributed by atoms with Crippen molar-refractivity contribution in [2.45, 2.75) is 6.61 Å². The lowest BCUT2D eigenvalue weighted by Gasteiger charge is -2.11. The van der Waals surface area contributed by atoms with Crippen LogP contribution in [0.1, 0.15) is 16.7 Å². The fraction of sp³-hybridized carbons (Fsp3) is 0.158. The molecule has 0 amide bonds. The van der Waals surface area contributed by atoms with Gasteiger partial charge < -0.3 is 14.3 Å².